The van der Waals surface area contributed by atoms with E-state index in [1.807, 2.05) is 5.38 Å². The predicted octanol–water partition coefficient (Wildman–Crippen LogP) is 2.97. The second-order valence-corrected chi connectivity index (χ2v) is 5.30. The molecule has 0 bridgehead atoms. The summed E-state index contributed by atoms with van der Waals surface area (Å²) in [7, 11) is 0. The molecule has 0 N–H and O–H groups in total. The predicted molar refractivity (Wildman–Crippen MR) is 67.3 cm³/mol. The summed E-state index contributed by atoms with van der Waals surface area (Å²) in [6.45, 7) is 6.01. The van der Waals surface area contributed by atoms with Crippen molar-refractivity contribution in [1.29, 1.82) is 0 Å². The number of ketones is 1. The second kappa shape index (κ2) is 4.95. The molecule has 0 aliphatic carbocycles. The van der Waals surface area contributed by atoms with Gasteiger partial charge in [-0.05, 0) is 18.8 Å². The second-order valence-electron chi connectivity index (χ2n) is 4.46. The molecular formula is C12H18N2OS. The van der Waals surface area contributed by atoms with E-state index >= 15 is 0 Å². The number of anilines is 1. The minimum atomic E-state index is 0.0619. The molecule has 1 aromatic heterocycles. The van der Waals surface area contributed by atoms with Crippen LogP contribution in [0, 0.1) is 5.92 Å². The Morgan fingerprint density at radius 1 is 1.69 bits per heavy atom. The van der Waals surface area contributed by atoms with Crippen LogP contribution in [0.1, 0.15) is 43.6 Å². The molecule has 0 aromatic carbocycles. The first kappa shape index (κ1) is 11.6. The Bertz CT molecular complexity index is 375. The summed E-state index contributed by atoms with van der Waals surface area (Å²) >= 11 is 1.59. The van der Waals surface area contributed by atoms with E-state index in [1.165, 1.54) is 19.3 Å². The Hall–Kier alpha value is -0.900. The van der Waals surface area contributed by atoms with Gasteiger partial charge in [0.15, 0.2) is 10.9 Å². The van der Waals surface area contributed by atoms with Crippen molar-refractivity contribution in [2.75, 3.05) is 18.0 Å². The number of hydrogen-bond donors (Lipinski definition) is 0. The van der Waals surface area contributed by atoms with Gasteiger partial charge in [-0.15, -0.1) is 11.3 Å². The maximum atomic E-state index is 11.2. The summed E-state index contributed by atoms with van der Waals surface area (Å²) < 4.78 is 0. The minimum Gasteiger partial charge on any atom is -0.348 e. The van der Waals surface area contributed by atoms with Crippen molar-refractivity contribution in [3.8, 4) is 0 Å². The highest BCUT2D eigenvalue weighted by atomic mass is 32.1. The van der Waals surface area contributed by atoms with E-state index in [0.717, 1.165) is 24.1 Å². The highest BCUT2D eigenvalue weighted by Crippen LogP contribution is 2.28. The van der Waals surface area contributed by atoms with E-state index in [2.05, 4.69) is 16.8 Å². The van der Waals surface area contributed by atoms with E-state index in [4.69, 9.17) is 0 Å². The highest BCUT2D eigenvalue weighted by Gasteiger charge is 2.24. The van der Waals surface area contributed by atoms with Gasteiger partial charge in [-0.25, -0.2) is 4.98 Å². The van der Waals surface area contributed by atoms with Crippen LogP contribution in [0.4, 0.5) is 5.13 Å². The first-order valence-corrected chi connectivity index (χ1v) is 6.80. The number of thiazole rings is 1. The number of carbonyl (C=O) groups excluding carboxylic acids is 1. The average molecular weight is 238 g/mol. The zero-order chi connectivity index (χ0) is 11.5. The lowest BCUT2D eigenvalue weighted by atomic mass is 10.0. The van der Waals surface area contributed by atoms with Crippen LogP contribution < -0.4 is 4.90 Å². The molecule has 1 aliphatic heterocycles. The molecule has 4 heteroatoms. The summed E-state index contributed by atoms with van der Waals surface area (Å²) in [5, 5.41) is 2.88. The summed E-state index contributed by atoms with van der Waals surface area (Å²) in [6.07, 6.45) is 3.83. The zero-order valence-corrected chi connectivity index (χ0v) is 10.7. The van der Waals surface area contributed by atoms with Crippen LogP contribution in [0.3, 0.4) is 0 Å². The Morgan fingerprint density at radius 2 is 2.50 bits per heavy atom. The van der Waals surface area contributed by atoms with E-state index < -0.39 is 0 Å². The van der Waals surface area contributed by atoms with Crippen molar-refractivity contribution < 1.29 is 4.79 Å². The molecule has 1 aliphatic rings. The summed E-state index contributed by atoms with van der Waals surface area (Å²) in [5.41, 5.74) is 0.610. The van der Waals surface area contributed by atoms with Crippen LogP contribution in [0.25, 0.3) is 0 Å². The average Bonchev–Trinajstić information content (AvgIpc) is 2.84. The number of aromatic nitrogens is 1. The van der Waals surface area contributed by atoms with Gasteiger partial charge in [0, 0.05) is 25.4 Å². The SMILES string of the molecule is CCCC1CCN(c2nc(C(C)=O)cs2)C1. The van der Waals surface area contributed by atoms with Crippen molar-refractivity contribution in [3.05, 3.63) is 11.1 Å². The maximum Gasteiger partial charge on any atom is 0.185 e. The molecule has 0 spiro atoms. The van der Waals surface area contributed by atoms with E-state index in [1.54, 1.807) is 18.3 Å². The normalized spacial score (nSPS) is 20.4. The molecule has 2 heterocycles. The molecule has 2 rings (SSSR count). The molecule has 0 amide bonds. The fourth-order valence-corrected chi connectivity index (χ4v) is 3.12. The molecule has 1 aromatic rings. The molecule has 0 radical (unpaired) electrons. The van der Waals surface area contributed by atoms with E-state index in [9.17, 15) is 4.79 Å². The number of Topliss-reactive ketones (excluding diaryl/α,β-unsaturated/α-hetero) is 1. The van der Waals surface area contributed by atoms with E-state index in [-0.39, 0.29) is 5.78 Å². The van der Waals surface area contributed by atoms with Crippen molar-refractivity contribution >= 4 is 22.3 Å². The molecular weight excluding hydrogens is 220 g/mol. The van der Waals surface area contributed by atoms with Crippen LogP contribution >= 0.6 is 11.3 Å². The third-order valence-corrected chi connectivity index (χ3v) is 4.01. The fourth-order valence-electron chi connectivity index (χ4n) is 2.22. The lowest BCUT2D eigenvalue weighted by Gasteiger charge is -2.14. The first-order valence-electron chi connectivity index (χ1n) is 5.92. The molecule has 1 atom stereocenters. The number of nitrogens with zero attached hydrogens (tertiary/aromatic N) is 2. The monoisotopic (exact) mass is 238 g/mol. The van der Waals surface area contributed by atoms with Crippen LogP contribution in [0.15, 0.2) is 5.38 Å². The number of hydrogen-bond acceptors (Lipinski definition) is 4. The Labute approximate surface area is 100 Å². The van der Waals surface area contributed by atoms with Crippen LogP contribution in [-0.4, -0.2) is 23.9 Å². The third kappa shape index (κ3) is 2.43. The van der Waals surface area contributed by atoms with E-state index in [0.29, 0.717) is 5.69 Å². The topological polar surface area (TPSA) is 33.2 Å². The first-order chi connectivity index (χ1) is 7.70. The van der Waals surface area contributed by atoms with Gasteiger partial charge in [0.2, 0.25) is 0 Å². The minimum absolute atomic E-state index is 0.0619. The number of rotatable bonds is 4. The van der Waals surface area contributed by atoms with Crippen LogP contribution in [-0.2, 0) is 0 Å². The zero-order valence-electron chi connectivity index (χ0n) is 9.90. The standard InChI is InChI=1S/C12H18N2OS/c1-3-4-10-5-6-14(7-10)12-13-11(8-16-12)9(2)15/h8,10H,3-7H2,1-2H3. The van der Waals surface area contributed by atoms with Gasteiger partial charge < -0.3 is 4.90 Å². The Morgan fingerprint density at radius 3 is 3.12 bits per heavy atom. The van der Waals surface area contributed by atoms with Gasteiger partial charge in [-0.2, -0.15) is 0 Å². The highest BCUT2D eigenvalue weighted by molar-refractivity contribution is 7.13. The molecule has 0 saturated carbocycles. The molecule has 1 unspecified atom stereocenters. The van der Waals surface area contributed by atoms with Crippen LogP contribution in [0.5, 0.6) is 0 Å². The van der Waals surface area contributed by atoms with Gasteiger partial charge >= 0.3 is 0 Å². The summed E-state index contributed by atoms with van der Waals surface area (Å²) in [6, 6.07) is 0. The maximum absolute atomic E-state index is 11.2. The molecule has 1 fully saturated rings. The fraction of sp³-hybridized carbons (Fsp3) is 0.667. The van der Waals surface area contributed by atoms with Crippen molar-refractivity contribution in [3.63, 3.8) is 0 Å². The number of carbonyl (C=O) groups is 1. The Balaban J connectivity index is 2.00. The third-order valence-electron chi connectivity index (χ3n) is 3.11. The Kier molecular flexibility index (Phi) is 3.59. The van der Waals surface area contributed by atoms with Gasteiger partial charge in [0.1, 0.15) is 5.69 Å². The summed E-state index contributed by atoms with van der Waals surface area (Å²) in [4.78, 5) is 17.9. The van der Waals surface area contributed by atoms with Crippen molar-refractivity contribution in [2.45, 2.75) is 33.1 Å². The quantitative estimate of drug-likeness (QED) is 0.756. The summed E-state index contributed by atoms with van der Waals surface area (Å²) in [5.74, 6) is 0.876. The molecule has 16 heavy (non-hydrogen) atoms. The smallest absolute Gasteiger partial charge is 0.185 e. The van der Waals surface area contributed by atoms with Gasteiger partial charge in [0.25, 0.3) is 0 Å². The van der Waals surface area contributed by atoms with Gasteiger partial charge in [-0.1, -0.05) is 13.3 Å². The van der Waals surface area contributed by atoms with Crippen LogP contribution in [0.2, 0.25) is 0 Å². The molecule has 1 saturated heterocycles. The van der Waals surface area contributed by atoms with Crippen molar-refractivity contribution in [2.24, 2.45) is 5.92 Å². The van der Waals surface area contributed by atoms with Crippen molar-refractivity contribution in [1.82, 2.24) is 4.98 Å². The molecule has 88 valence electrons. The lowest BCUT2D eigenvalue weighted by Crippen LogP contribution is -2.19. The van der Waals surface area contributed by atoms with Gasteiger partial charge in [-0.3, -0.25) is 4.79 Å². The van der Waals surface area contributed by atoms with Gasteiger partial charge in [0.05, 0.1) is 0 Å². The largest absolute Gasteiger partial charge is 0.348 e. The lowest BCUT2D eigenvalue weighted by molar-refractivity contribution is 0.101. The molecule has 3 nitrogen and oxygen atoms in total.